The van der Waals surface area contributed by atoms with Gasteiger partial charge in [0.1, 0.15) is 0 Å². The zero-order valence-electron chi connectivity index (χ0n) is 15.6. The zero-order valence-corrected chi connectivity index (χ0v) is 16.4. The fraction of sp³-hybridized carbons (Fsp3) is 0.400. The molecule has 144 valence electrons. The SMILES string of the molecule is Cc1cnccc1NCCNC(=O)N1CCN(Cc2cccc(Cl)c2)CC1. The van der Waals surface area contributed by atoms with Crippen LogP contribution in [0.25, 0.3) is 0 Å². The highest BCUT2D eigenvalue weighted by Gasteiger charge is 2.20. The van der Waals surface area contributed by atoms with Crippen LogP contribution in [0.2, 0.25) is 5.02 Å². The minimum Gasteiger partial charge on any atom is -0.383 e. The molecule has 7 heteroatoms. The fourth-order valence-corrected chi connectivity index (χ4v) is 3.37. The van der Waals surface area contributed by atoms with Gasteiger partial charge in [-0.25, -0.2) is 4.79 Å². The number of carbonyl (C=O) groups is 1. The van der Waals surface area contributed by atoms with E-state index in [9.17, 15) is 4.79 Å². The lowest BCUT2D eigenvalue weighted by Crippen LogP contribution is -2.51. The lowest BCUT2D eigenvalue weighted by Gasteiger charge is -2.34. The maximum absolute atomic E-state index is 12.3. The van der Waals surface area contributed by atoms with Crippen LogP contribution in [0, 0.1) is 6.92 Å². The van der Waals surface area contributed by atoms with E-state index < -0.39 is 0 Å². The smallest absolute Gasteiger partial charge is 0.317 e. The van der Waals surface area contributed by atoms with Gasteiger partial charge in [0.25, 0.3) is 0 Å². The van der Waals surface area contributed by atoms with Crippen molar-refractivity contribution in [2.45, 2.75) is 13.5 Å². The number of aromatic nitrogens is 1. The van der Waals surface area contributed by atoms with E-state index >= 15 is 0 Å². The van der Waals surface area contributed by atoms with Gasteiger partial charge in [-0.05, 0) is 36.2 Å². The molecule has 1 aliphatic heterocycles. The zero-order chi connectivity index (χ0) is 19.1. The van der Waals surface area contributed by atoms with Gasteiger partial charge in [-0.1, -0.05) is 23.7 Å². The molecule has 0 unspecified atom stereocenters. The molecular formula is C20H26ClN5O. The third-order valence-corrected chi connectivity index (χ3v) is 4.93. The minimum atomic E-state index is 0.00524. The molecule has 3 rings (SSSR count). The van der Waals surface area contributed by atoms with Crippen molar-refractivity contribution in [1.29, 1.82) is 0 Å². The molecule has 2 amide bonds. The van der Waals surface area contributed by atoms with E-state index in [0.29, 0.717) is 13.1 Å². The molecule has 2 aromatic rings. The molecule has 1 aliphatic rings. The van der Waals surface area contributed by atoms with Crippen LogP contribution in [-0.2, 0) is 6.54 Å². The molecule has 6 nitrogen and oxygen atoms in total. The predicted molar refractivity (Wildman–Crippen MR) is 109 cm³/mol. The third kappa shape index (κ3) is 5.84. The molecular weight excluding hydrogens is 362 g/mol. The van der Waals surface area contributed by atoms with Crippen molar-refractivity contribution >= 4 is 23.3 Å². The van der Waals surface area contributed by atoms with Crippen molar-refractivity contribution in [3.8, 4) is 0 Å². The molecule has 0 radical (unpaired) electrons. The van der Waals surface area contributed by atoms with Crippen LogP contribution in [-0.4, -0.2) is 60.1 Å². The number of anilines is 1. The first-order valence-electron chi connectivity index (χ1n) is 9.26. The average Bonchev–Trinajstić information content (AvgIpc) is 2.67. The number of nitrogens with one attached hydrogen (secondary N) is 2. The molecule has 2 N–H and O–H groups in total. The van der Waals surface area contributed by atoms with Gasteiger partial charge in [0.05, 0.1) is 0 Å². The summed E-state index contributed by atoms with van der Waals surface area (Å²) < 4.78 is 0. The van der Waals surface area contributed by atoms with Crippen LogP contribution in [0.5, 0.6) is 0 Å². The van der Waals surface area contributed by atoms with E-state index in [1.807, 2.05) is 42.3 Å². The summed E-state index contributed by atoms with van der Waals surface area (Å²) in [4.78, 5) is 20.6. The van der Waals surface area contributed by atoms with Gasteiger partial charge in [-0.3, -0.25) is 9.88 Å². The Bertz CT molecular complexity index is 762. The predicted octanol–water partition coefficient (Wildman–Crippen LogP) is 2.98. The highest BCUT2D eigenvalue weighted by molar-refractivity contribution is 6.30. The maximum Gasteiger partial charge on any atom is 0.317 e. The monoisotopic (exact) mass is 387 g/mol. The van der Waals surface area contributed by atoms with Gasteiger partial charge in [0.2, 0.25) is 0 Å². The number of rotatable bonds is 6. The molecule has 1 aromatic heterocycles. The fourth-order valence-electron chi connectivity index (χ4n) is 3.15. The molecule has 1 fully saturated rings. The summed E-state index contributed by atoms with van der Waals surface area (Å²) >= 11 is 6.05. The molecule has 0 spiro atoms. The Hall–Kier alpha value is -2.31. The van der Waals surface area contributed by atoms with E-state index in [0.717, 1.165) is 49.0 Å². The molecule has 27 heavy (non-hydrogen) atoms. The van der Waals surface area contributed by atoms with Crippen molar-refractivity contribution in [2.75, 3.05) is 44.6 Å². The average molecular weight is 388 g/mol. The summed E-state index contributed by atoms with van der Waals surface area (Å²) in [5.74, 6) is 0. The minimum absolute atomic E-state index is 0.00524. The lowest BCUT2D eigenvalue weighted by molar-refractivity contribution is 0.135. The maximum atomic E-state index is 12.3. The Balaban J connectivity index is 1.35. The number of carbonyl (C=O) groups excluding carboxylic acids is 1. The van der Waals surface area contributed by atoms with E-state index in [2.05, 4.69) is 26.6 Å². The Morgan fingerprint density at radius 3 is 2.74 bits per heavy atom. The van der Waals surface area contributed by atoms with E-state index in [-0.39, 0.29) is 6.03 Å². The Morgan fingerprint density at radius 1 is 1.19 bits per heavy atom. The second kappa shape index (κ2) is 9.58. The summed E-state index contributed by atoms with van der Waals surface area (Å²) in [6, 6.07) is 9.89. The number of urea groups is 1. The molecule has 1 saturated heterocycles. The number of piperazine rings is 1. The van der Waals surface area contributed by atoms with Gasteiger partial charge in [-0.2, -0.15) is 0 Å². The van der Waals surface area contributed by atoms with Crippen LogP contribution in [0.1, 0.15) is 11.1 Å². The van der Waals surface area contributed by atoms with Crippen LogP contribution in [0.15, 0.2) is 42.7 Å². The Labute approximate surface area is 165 Å². The number of nitrogens with zero attached hydrogens (tertiary/aromatic N) is 3. The first kappa shape index (κ1) is 19.5. The Morgan fingerprint density at radius 2 is 2.00 bits per heavy atom. The van der Waals surface area contributed by atoms with Crippen molar-refractivity contribution in [1.82, 2.24) is 20.1 Å². The molecule has 0 atom stereocenters. The highest BCUT2D eigenvalue weighted by atomic mass is 35.5. The van der Waals surface area contributed by atoms with Crippen LogP contribution < -0.4 is 10.6 Å². The summed E-state index contributed by atoms with van der Waals surface area (Å²) in [5.41, 5.74) is 3.35. The van der Waals surface area contributed by atoms with Gasteiger partial charge >= 0.3 is 6.03 Å². The first-order chi connectivity index (χ1) is 13.1. The molecule has 1 aromatic carbocycles. The van der Waals surface area contributed by atoms with Crippen LogP contribution in [0.3, 0.4) is 0 Å². The second-order valence-electron chi connectivity index (χ2n) is 6.74. The van der Waals surface area contributed by atoms with E-state index in [4.69, 9.17) is 11.6 Å². The van der Waals surface area contributed by atoms with Crippen LogP contribution >= 0.6 is 11.6 Å². The number of aryl methyl sites for hydroxylation is 1. The largest absolute Gasteiger partial charge is 0.383 e. The first-order valence-corrected chi connectivity index (χ1v) is 9.63. The van der Waals surface area contributed by atoms with E-state index in [1.165, 1.54) is 5.56 Å². The van der Waals surface area contributed by atoms with Crippen molar-refractivity contribution in [3.05, 3.63) is 58.9 Å². The van der Waals surface area contributed by atoms with Crippen LogP contribution in [0.4, 0.5) is 10.5 Å². The van der Waals surface area contributed by atoms with Gasteiger partial charge < -0.3 is 15.5 Å². The van der Waals surface area contributed by atoms with Crippen molar-refractivity contribution < 1.29 is 4.79 Å². The number of pyridine rings is 1. The number of benzene rings is 1. The highest BCUT2D eigenvalue weighted by Crippen LogP contribution is 2.14. The standard InChI is InChI=1S/C20H26ClN5O/c1-16-14-22-6-5-19(16)23-7-8-24-20(27)26-11-9-25(10-12-26)15-17-3-2-4-18(21)13-17/h2-6,13-14H,7-12,15H2,1H3,(H,22,23)(H,24,27). The van der Waals surface area contributed by atoms with Crippen molar-refractivity contribution in [3.63, 3.8) is 0 Å². The quantitative estimate of drug-likeness (QED) is 0.748. The summed E-state index contributed by atoms with van der Waals surface area (Å²) in [5, 5.41) is 7.07. The third-order valence-electron chi connectivity index (χ3n) is 4.69. The second-order valence-corrected chi connectivity index (χ2v) is 7.18. The van der Waals surface area contributed by atoms with E-state index in [1.54, 1.807) is 6.20 Å². The lowest BCUT2D eigenvalue weighted by atomic mass is 10.2. The summed E-state index contributed by atoms with van der Waals surface area (Å²) in [6.45, 7) is 7.37. The molecule has 0 bridgehead atoms. The van der Waals surface area contributed by atoms with Gasteiger partial charge in [0, 0.05) is 68.9 Å². The topological polar surface area (TPSA) is 60.5 Å². The van der Waals surface area contributed by atoms with Gasteiger partial charge in [-0.15, -0.1) is 0 Å². The Kier molecular flexibility index (Phi) is 6.90. The molecule has 0 aliphatic carbocycles. The molecule has 2 heterocycles. The number of hydrogen-bond acceptors (Lipinski definition) is 4. The number of hydrogen-bond donors (Lipinski definition) is 2. The molecule has 0 saturated carbocycles. The normalized spacial score (nSPS) is 14.8. The number of halogens is 1. The summed E-state index contributed by atoms with van der Waals surface area (Å²) in [7, 11) is 0. The van der Waals surface area contributed by atoms with Gasteiger partial charge in [0.15, 0.2) is 0 Å². The van der Waals surface area contributed by atoms with Crippen molar-refractivity contribution in [2.24, 2.45) is 0 Å². The summed E-state index contributed by atoms with van der Waals surface area (Å²) in [6.07, 6.45) is 3.58. The number of amides is 2.